The van der Waals surface area contributed by atoms with Crippen LogP contribution in [0.25, 0.3) is 0 Å². The number of hydrogen-bond acceptors (Lipinski definition) is 3. The molecule has 0 saturated carbocycles. The van der Waals surface area contributed by atoms with E-state index in [1.54, 1.807) is 6.92 Å². The maximum absolute atomic E-state index is 13.4. The molecular formula is C14H18ClFN2O3S. The molecule has 1 amide bonds. The fraction of sp³-hybridized carbons (Fsp3) is 0.500. The molecule has 1 fully saturated rings. The van der Waals surface area contributed by atoms with E-state index < -0.39 is 21.8 Å². The van der Waals surface area contributed by atoms with Gasteiger partial charge in [0, 0.05) is 13.1 Å². The average Bonchev–Trinajstić information content (AvgIpc) is 2.52. The zero-order chi connectivity index (χ0) is 16.3. The Labute approximate surface area is 134 Å². The number of halogens is 2. The van der Waals surface area contributed by atoms with Crippen LogP contribution in [0.15, 0.2) is 18.2 Å². The van der Waals surface area contributed by atoms with E-state index in [9.17, 15) is 17.6 Å². The first-order chi connectivity index (χ1) is 10.3. The Balaban J connectivity index is 2.08. The number of carbonyl (C=O) groups is 1. The van der Waals surface area contributed by atoms with Crippen molar-refractivity contribution in [3.8, 4) is 0 Å². The number of nitrogens with one attached hydrogen (secondary N) is 1. The summed E-state index contributed by atoms with van der Waals surface area (Å²) in [6.07, 6.45) is 1.21. The van der Waals surface area contributed by atoms with Gasteiger partial charge in [-0.3, -0.25) is 4.79 Å². The molecule has 1 aromatic carbocycles. The minimum atomic E-state index is -3.31. The van der Waals surface area contributed by atoms with Crippen LogP contribution in [0.2, 0.25) is 5.02 Å². The van der Waals surface area contributed by atoms with Crippen LogP contribution in [0.1, 0.15) is 19.8 Å². The van der Waals surface area contributed by atoms with E-state index in [1.165, 1.54) is 22.5 Å². The van der Waals surface area contributed by atoms with Crippen LogP contribution in [-0.4, -0.2) is 37.5 Å². The monoisotopic (exact) mass is 348 g/mol. The number of carbonyl (C=O) groups excluding carboxylic acids is 1. The summed E-state index contributed by atoms with van der Waals surface area (Å²) in [4.78, 5) is 12.3. The van der Waals surface area contributed by atoms with E-state index in [1.807, 2.05) is 0 Å². The average molecular weight is 349 g/mol. The number of nitrogens with zero attached hydrogens (tertiary/aromatic N) is 1. The second-order valence-corrected chi connectivity index (χ2v) is 7.82. The summed E-state index contributed by atoms with van der Waals surface area (Å²) in [5.41, 5.74) is 0.196. The Morgan fingerprint density at radius 2 is 2.23 bits per heavy atom. The summed E-state index contributed by atoms with van der Waals surface area (Å²) in [7, 11) is -3.31. The van der Waals surface area contributed by atoms with Crippen molar-refractivity contribution in [2.75, 3.05) is 24.2 Å². The summed E-state index contributed by atoms with van der Waals surface area (Å²) in [6.45, 7) is 2.15. The molecule has 0 radical (unpaired) electrons. The van der Waals surface area contributed by atoms with Crippen LogP contribution in [-0.2, 0) is 14.8 Å². The highest BCUT2D eigenvalue weighted by Gasteiger charge is 2.31. The lowest BCUT2D eigenvalue weighted by atomic mass is 9.98. The minimum Gasteiger partial charge on any atom is -0.324 e. The van der Waals surface area contributed by atoms with Crippen molar-refractivity contribution in [3.05, 3.63) is 29.0 Å². The van der Waals surface area contributed by atoms with Gasteiger partial charge in [0.05, 0.1) is 22.4 Å². The van der Waals surface area contributed by atoms with Crippen LogP contribution < -0.4 is 5.32 Å². The fourth-order valence-electron chi connectivity index (χ4n) is 2.43. The molecule has 1 aliphatic heterocycles. The number of anilines is 1. The van der Waals surface area contributed by atoms with Gasteiger partial charge in [-0.05, 0) is 31.9 Å². The molecule has 1 heterocycles. The first kappa shape index (κ1) is 17.2. The Morgan fingerprint density at radius 1 is 1.50 bits per heavy atom. The van der Waals surface area contributed by atoms with Gasteiger partial charge < -0.3 is 5.32 Å². The molecule has 0 unspecified atom stereocenters. The molecular weight excluding hydrogens is 331 g/mol. The summed E-state index contributed by atoms with van der Waals surface area (Å²) >= 11 is 5.80. The molecule has 5 nitrogen and oxygen atoms in total. The number of sulfonamides is 1. The van der Waals surface area contributed by atoms with Gasteiger partial charge in [0.2, 0.25) is 15.9 Å². The first-order valence-corrected chi connectivity index (χ1v) is 9.06. The third-order valence-electron chi connectivity index (χ3n) is 3.72. The van der Waals surface area contributed by atoms with Crippen LogP contribution >= 0.6 is 11.6 Å². The number of amides is 1. The molecule has 1 aromatic rings. The highest BCUT2D eigenvalue weighted by atomic mass is 35.5. The summed E-state index contributed by atoms with van der Waals surface area (Å²) in [6, 6.07) is 4.16. The van der Waals surface area contributed by atoms with Crippen LogP contribution in [0.3, 0.4) is 0 Å². The molecule has 0 aromatic heterocycles. The fourth-order valence-corrected chi connectivity index (χ4v) is 3.78. The standard InChI is InChI=1S/C14H18ClFN2O3S/c1-2-22(20,21)18-8-4-5-10(9-18)14(19)17-12-7-3-6-11(16)13(12)15/h3,6-7,10H,2,4-5,8-9H2,1H3,(H,17,19)/t10-/m0/s1. The van der Waals surface area contributed by atoms with Crippen molar-refractivity contribution in [1.82, 2.24) is 4.31 Å². The highest BCUT2D eigenvalue weighted by molar-refractivity contribution is 7.89. The molecule has 0 spiro atoms. The molecule has 22 heavy (non-hydrogen) atoms. The molecule has 0 bridgehead atoms. The van der Waals surface area contributed by atoms with Gasteiger partial charge in [0.1, 0.15) is 5.82 Å². The van der Waals surface area contributed by atoms with Crippen molar-refractivity contribution in [3.63, 3.8) is 0 Å². The van der Waals surface area contributed by atoms with Crippen molar-refractivity contribution >= 4 is 33.2 Å². The SMILES string of the molecule is CCS(=O)(=O)N1CCC[C@H](C(=O)Nc2cccc(F)c2Cl)C1. The number of piperidine rings is 1. The lowest BCUT2D eigenvalue weighted by molar-refractivity contribution is -0.120. The molecule has 1 aliphatic rings. The smallest absolute Gasteiger partial charge is 0.228 e. The highest BCUT2D eigenvalue weighted by Crippen LogP contribution is 2.26. The Hall–Kier alpha value is -1.18. The summed E-state index contributed by atoms with van der Waals surface area (Å²) in [5, 5.41) is 2.43. The normalized spacial score (nSPS) is 19.9. The predicted octanol–water partition coefficient (Wildman–Crippen LogP) is 2.48. The molecule has 1 atom stereocenters. The largest absolute Gasteiger partial charge is 0.324 e. The number of hydrogen-bond donors (Lipinski definition) is 1. The van der Waals surface area contributed by atoms with E-state index in [4.69, 9.17) is 11.6 Å². The predicted molar refractivity (Wildman–Crippen MR) is 83.8 cm³/mol. The van der Waals surface area contributed by atoms with Crippen molar-refractivity contribution in [2.45, 2.75) is 19.8 Å². The van der Waals surface area contributed by atoms with E-state index in [-0.39, 0.29) is 28.9 Å². The Bertz CT molecular complexity index is 666. The molecule has 0 aliphatic carbocycles. The number of benzene rings is 1. The minimum absolute atomic E-state index is 0.0110. The maximum atomic E-state index is 13.4. The van der Waals surface area contributed by atoms with E-state index in [0.29, 0.717) is 19.4 Å². The zero-order valence-electron chi connectivity index (χ0n) is 12.2. The van der Waals surface area contributed by atoms with Crippen molar-refractivity contribution in [2.24, 2.45) is 5.92 Å². The summed E-state index contributed by atoms with van der Waals surface area (Å²) < 4.78 is 38.5. The first-order valence-electron chi connectivity index (χ1n) is 7.08. The second kappa shape index (κ2) is 6.93. The third kappa shape index (κ3) is 3.77. The molecule has 122 valence electrons. The van der Waals surface area contributed by atoms with E-state index >= 15 is 0 Å². The molecule has 1 N–H and O–H groups in total. The lowest BCUT2D eigenvalue weighted by Gasteiger charge is -2.30. The van der Waals surface area contributed by atoms with Crippen LogP contribution in [0, 0.1) is 11.7 Å². The molecule has 1 saturated heterocycles. The lowest BCUT2D eigenvalue weighted by Crippen LogP contribution is -2.44. The van der Waals surface area contributed by atoms with Gasteiger partial charge in [-0.25, -0.2) is 17.1 Å². The van der Waals surface area contributed by atoms with Crippen LogP contribution in [0.4, 0.5) is 10.1 Å². The van der Waals surface area contributed by atoms with Gasteiger partial charge in [-0.1, -0.05) is 17.7 Å². The van der Waals surface area contributed by atoms with Gasteiger partial charge >= 0.3 is 0 Å². The molecule has 2 rings (SSSR count). The Kier molecular flexibility index (Phi) is 5.41. The maximum Gasteiger partial charge on any atom is 0.228 e. The van der Waals surface area contributed by atoms with Gasteiger partial charge in [0.25, 0.3) is 0 Å². The Morgan fingerprint density at radius 3 is 2.91 bits per heavy atom. The van der Waals surface area contributed by atoms with Gasteiger partial charge in [-0.15, -0.1) is 0 Å². The summed E-state index contributed by atoms with van der Waals surface area (Å²) in [5.74, 6) is -1.41. The van der Waals surface area contributed by atoms with Crippen molar-refractivity contribution in [1.29, 1.82) is 0 Å². The quantitative estimate of drug-likeness (QED) is 0.909. The topological polar surface area (TPSA) is 66.5 Å². The van der Waals surface area contributed by atoms with E-state index in [2.05, 4.69) is 5.32 Å². The van der Waals surface area contributed by atoms with Gasteiger partial charge in [-0.2, -0.15) is 0 Å². The number of rotatable bonds is 4. The van der Waals surface area contributed by atoms with Crippen molar-refractivity contribution < 1.29 is 17.6 Å². The second-order valence-electron chi connectivity index (χ2n) is 5.19. The molecule has 8 heteroatoms. The van der Waals surface area contributed by atoms with Gasteiger partial charge in [0.15, 0.2) is 0 Å². The van der Waals surface area contributed by atoms with E-state index in [0.717, 1.165) is 0 Å². The van der Waals surface area contributed by atoms with Crippen LogP contribution in [0.5, 0.6) is 0 Å². The zero-order valence-corrected chi connectivity index (χ0v) is 13.8. The third-order valence-corrected chi connectivity index (χ3v) is 5.95.